The summed E-state index contributed by atoms with van der Waals surface area (Å²) in [6.07, 6.45) is 0.616. The maximum Gasteiger partial charge on any atom is 0.0832 e. The third kappa shape index (κ3) is 2.99. The van der Waals surface area contributed by atoms with Crippen LogP contribution in [0.4, 0.5) is 11.4 Å². The van der Waals surface area contributed by atoms with Crippen LogP contribution in [0.15, 0.2) is 18.2 Å². The van der Waals surface area contributed by atoms with Crippen molar-refractivity contribution in [2.45, 2.75) is 18.9 Å². The van der Waals surface area contributed by atoms with E-state index in [2.05, 4.69) is 27.9 Å². The quantitative estimate of drug-likeness (QED) is 0.484. The van der Waals surface area contributed by atoms with Gasteiger partial charge in [-0.2, -0.15) is 0 Å². The van der Waals surface area contributed by atoms with Crippen LogP contribution in [0.1, 0.15) is 13.3 Å². The number of nitrogens with one attached hydrogen (secondary N) is 1. The van der Waals surface area contributed by atoms with E-state index in [0.717, 1.165) is 9.26 Å². The maximum atomic E-state index is 9.32. The third-order valence-electron chi connectivity index (χ3n) is 2.70. The lowest BCUT2D eigenvalue weighted by Gasteiger charge is -2.31. The van der Waals surface area contributed by atoms with Gasteiger partial charge in [0, 0.05) is 3.57 Å². The molecule has 0 aliphatic heterocycles. The van der Waals surface area contributed by atoms with E-state index >= 15 is 0 Å². The second kappa shape index (κ2) is 5.70. The van der Waals surface area contributed by atoms with Crippen molar-refractivity contribution in [1.29, 1.82) is 0 Å². The van der Waals surface area contributed by atoms with Gasteiger partial charge in [0.2, 0.25) is 0 Å². The molecule has 0 fully saturated rings. The number of anilines is 2. The smallest absolute Gasteiger partial charge is 0.0832 e. The van der Waals surface area contributed by atoms with Crippen molar-refractivity contribution in [3.05, 3.63) is 21.8 Å². The molecule has 0 amide bonds. The number of halogens is 1. The van der Waals surface area contributed by atoms with Crippen LogP contribution in [0.3, 0.4) is 0 Å². The van der Waals surface area contributed by atoms with Crippen molar-refractivity contribution in [3.63, 3.8) is 0 Å². The van der Waals surface area contributed by atoms with Gasteiger partial charge in [-0.05, 0) is 47.2 Å². The summed E-state index contributed by atoms with van der Waals surface area (Å²) >= 11 is 2.18. The fraction of sp³-hybridized carbons (Fsp3) is 0.455. The Morgan fingerprint density at radius 2 is 2.00 bits per heavy atom. The Labute approximate surface area is 109 Å². The van der Waals surface area contributed by atoms with Crippen LogP contribution in [0.25, 0.3) is 0 Å². The van der Waals surface area contributed by atoms with Crippen LogP contribution in [-0.2, 0) is 0 Å². The number of benzene rings is 1. The molecule has 0 aliphatic carbocycles. The Morgan fingerprint density at radius 1 is 1.38 bits per heavy atom. The standard InChI is InChI=1S/C11H17IN2O2/c1-2-11(6-15,7-16)14-10-4-3-8(12)5-9(10)13/h3-5,14-16H,2,6-7,13H2,1H3. The first-order chi connectivity index (χ1) is 7.56. The molecule has 1 rings (SSSR count). The minimum absolute atomic E-state index is 0.134. The zero-order valence-corrected chi connectivity index (χ0v) is 11.4. The molecule has 1 aromatic rings. The number of aliphatic hydroxyl groups is 2. The van der Waals surface area contributed by atoms with Crippen LogP contribution >= 0.6 is 22.6 Å². The van der Waals surface area contributed by atoms with Crippen LogP contribution in [0.5, 0.6) is 0 Å². The summed E-state index contributed by atoms with van der Waals surface area (Å²) in [5, 5.41) is 21.7. The molecule has 0 saturated carbocycles. The predicted molar refractivity (Wildman–Crippen MR) is 74.4 cm³/mol. The molecule has 4 nitrogen and oxygen atoms in total. The van der Waals surface area contributed by atoms with Gasteiger partial charge in [0.05, 0.1) is 30.1 Å². The van der Waals surface area contributed by atoms with E-state index in [1.54, 1.807) is 0 Å². The number of aliphatic hydroxyl groups excluding tert-OH is 2. The van der Waals surface area contributed by atoms with E-state index < -0.39 is 5.54 Å². The Hall–Kier alpha value is -0.530. The van der Waals surface area contributed by atoms with Crippen molar-refractivity contribution < 1.29 is 10.2 Å². The molecule has 0 bridgehead atoms. The van der Waals surface area contributed by atoms with E-state index in [1.165, 1.54) is 0 Å². The fourth-order valence-corrected chi connectivity index (χ4v) is 1.89. The molecule has 0 radical (unpaired) electrons. The van der Waals surface area contributed by atoms with Gasteiger partial charge in [-0.15, -0.1) is 0 Å². The minimum Gasteiger partial charge on any atom is -0.397 e. The van der Waals surface area contributed by atoms with E-state index in [1.807, 2.05) is 25.1 Å². The summed E-state index contributed by atoms with van der Waals surface area (Å²) in [4.78, 5) is 0. The SMILES string of the molecule is CCC(CO)(CO)Nc1ccc(I)cc1N. The van der Waals surface area contributed by atoms with Gasteiger partial charge in [0.15, 0.2) is 0 Å². The summed E-state index contributed by atoms with van der Waals surface area (Å²) < 4.78 is 1.05. The fourth-order valence-electron chi connectivity index (χ4n) is 1.37. The van der Waals surface area contributed by atoms with Crippen molar-refractivity contribution >= 4 is 34.0 Å². The summed E-state index contributed by atoms with van der Waals surface area (Å²) in [6.45, 7) is 1.64. The summed E-state index contributed by atoms with van der Waals surface area (Å²) in [5.74, 6) is 0. The molecule has 16 heavy (non-hydrogen) atoms. The van der Waals surface area contributed by atoms with E-state index in [-0.39, 0.29) is 13.2 Å². The third-order valence-corrected chi connectivity index (χ3v) is 3.37. The molecule has 0 atom stereocenters. The largest absolute Gasteiger partial charge is 0.397 e. The zero-order chi connectivity index (χ0) is 12.2. The highest BCUT2D eigenvalue weighted by atomic mass is 127. The number of rotatable bonds is 5. The Morgan fingerprint density at radius 3 is 2.44 bits per heavy atom. The lowest BCUT2D eigenvalue weighted by molar-refractivity contribution is 0.132. The average Bonchev–Trinajstić information content (AvgIpc) is 2.29. The Kier molecular flexibility index (Phi) is 4.82. The molecule has 0 saturated heterocycles. The van der Waals surface area contributed by atoms with Crippen molar-refractivity contribution in [3.8, 4) is 0 Å². The van der Waals surface area contributed by atoms with Gasteiger partial charge in [0.25, 0.3) is 0 Å². The molecule has 5 N–H and O–H groups in total. The minimum atomic E-state index is -0.707. The monoisotopic (exact) mass is 336 g/mol. The molecule has 0 aliphatic rings. The van der Waals surface area contributed by atoms with Gasteiger partial charge in [0.1, 0.15) is 0 Å². The van der Waals surface area contributed by atoms with Crippen LogP contribution < -0.4 is 11.1 Å². The van der Waals surface area contributed by atoms with E-state index in [9.17, 15) is 10.2 Å². The maximum absolute atomic E-state index is 9.32. The van der Waals surface area contributed by atoms with E-state index in [4.69, 9.17) is 5.73 Å². The lowest BCUT2D eigenvalue weighted by atomic mass is 9.98. The number of nitrogens with two attached hydrogens (primary N) is 1. The van der Waals surface area contributed by atoms with Crippen LogP contribution in [-0.4, -0.2) is 29.0 Å². The molecular formula is C11H17IN2O2. The first-order valence-electron chi connectivity index (χ1n) is 5.12. The predicted octanol–water partition coefficient (Wildman–Crippen LogP) is 1.42. The lowest BCUT2D eigenvalue weighted by Crippen LogP contribution is -2.45. The summed E-state index contributed by atoms with van der Waals surface area (Å²) in [5.41, 5.74) is 6.51. The van der Waals surface area contributed by atoms with Crippen molar-refractivity contribution in [1.82, 2.24) is 0 Å². The second-order valence-electron chi connectivity index (χ2n) is 3.81. The molecule has 90 valence electrons. The average molecular weight is 336 g/mol. The highest BCUT2D eigenvalue weighted by Crippen LogP contribution is 2.25. The van der Waals surface area contributed by atoms with Gasteiger partial charge in [-0.1, -0.05) is 6.92 Å². The molecule has 0 spiro atoms. The highest BCUT2D eigenvalue weighted by Gasteiger charge is 2.26. The molecule has 0 unspecified atom stereocenters. The van der Waals surface area contributed by atoms with Gasteiger partial charge in [-0.3, -0.25) is 0 Å². The normalized spacial score (nSPS) is 11.5. The summed E-state index contributed by atoms with van der Waals surface area (Å²) in [6, 6.07) is 5.62. The van der Waals surface area contributed by atoms with Crippen molar-refractivity contribution in [2.75, 3.05) is 24.3 Å². The van der Waals surface area contributed by atoms with Gasteiger partial charge < -0.3 is 21.3 Å². The molecule has 0 heterocycles. The Balaban J connectivity index is 2.93. The topological polar surface area (TPSA) is 78.5 Å². The highest BCUT2D eigenvalue weighted by molar-refractivity contribution is 14.1. The number of hydrogen-bond donors (Lipinski definition) is 4. The second-order valence-corrected chi connectivity index (χ2v) is 5.05. The van der Waals surface area contributed by atoms with Gasteiger partial charge in [-0.25, -0.2) is 0 Å². The van der Waals surface area contributed by atoms with E-state index in [0.29, 0.717) is 12.1 Å². The molecule has 0 aromatic heterocycles. The number of hydrogen-bond acceptors (Lipinski definition) is 4. The number of nitrogen functional groups attached to an aromatic ring is 1. The van der Waals surface area contributed by atoms with Gasteiger partial charge >= 0.3 is 0 Å². The first-order valence-corrected chi connectivity index (χ1v) is 6.19. The van der Waals surface area contributed by atoms with Crippen LogP contribution in [0, 0.1) is 3.57 Å². The first kappa shape index (κ1) is 13.5. The molecule has 1 aromatic carbocycles. The Bertz CT molecular complexity index is 346. The van der Waals surface area contributed by atoms with Crippen molar-refractivity contribution in [2.24, 2.45) is 0 Å². The van der Waals surface area contributed by atoms with Crippen LogP contribution in [0.2, 0.25) is 0 Å². The summed E-state index contributed by atoms with van der Waals surface area (Å²) in [7, 11) is 0. The molecular weight excluding hydrogens is 319 g/mol. The zero-order valence-electron chi connectivity index (χ0n) is 9.20. The molecule has 5 heteroatoms.